The highest BCUT2D eigenvalue weighted by molar-refractivity contribution is 6.33. The summed E-state index contributed by atoms with van der Waals surface area (Å²) < 4.78 is 42.8. The van der Waals surface area contributed by atoms with Gasteiger partial charge >= 0.3 is 12.1 Å². The van der Waals surface area contributed by atoms with Gasteiger partial charge in [-0.05, 0) is 30.7 Å². The fourth-order valence-electron chi connectivity index (χ4n) is 2.79. The Morgan fingerprint density at radius 1 is 1.27 bits per heavy atom. The Labute approximate surface area is 173 Å². The van der Waals surface area contributed by atoms with E-state index in [1.165, 1.54) is 12.1 Å². The Balaban J connectivity index is 1.59. The molecule has 1 aliphatic heterocycles. The van der Waals surface area contributed by atoms with Crippen LogP contribution in [0.15, 0.2) is 36.5 Å². The molecule has 2 aromatic rings. The van der Waals surface area contributed by atoms with Crippen molar-refractivity contribution in [2.75, 3.05) is 23.4 Å². The molecular formula is C19H15ClF3N3O4. The highest BCUT2D eigenvalue weighted by atomic mass is 35.5. The number of carbonyl (C=O) groups is 3. The normalized spacial score (nSPS) is 14.0. The van der Waals surface area contributed by atoms with Crippen LogP contribution in [0.1, 0.15) is 28.8 Å². The van der Waals surface area contributed by atoms with E-state index in [4.69, 9.17) is 16.3 Å². The van der Waals surface area contributed by atoms with Gasteiger partial charge in [-0.3, -0.25) is 9.59 Å². The van der Waals surface area contributed by atoms with Crippen molar-refractivity contribution in [3.63, 3.8) is 0 Å². The van der Waals surface area contributed by atoms with Gasteiger partial charge < -0.3 is 15.0 Å². The van der Waals surface area contributed by atoms with Gasteiger partial charge in [-0.25, -0.2) is 9.78 Å². The van der Waals surface area contributed by atoms with Gasteiger partial charge in [-0.15, -0.1) is 0 Å². The molecule has 1 aromatic carbocycles. The highest BCUT2D eigenvalue weighted by Crippen LogP contribution is 2.32. The first-order valence-electron chi connectivity index (χ1n) is 8.75. The van der Waals surface area contributed by atoms with Gasteiger partial charge in [-0.1, -0.05) is 17.7 Å². The van der Waals surface area contributed by atoms with Crippen molar-refractivity contribution in [2.24, 2.45) is 0 Å². The second-order valence-electron chi connectivity index (χ2n) is 6.38. The second kappa shape index (κ2) is 8.70. The average Bonchev–Trinajstić information content (AvgIpc) is 3.13. The monoisotopic (exact) mass is 441 g/mol. The summed E-state index contributed by atoms with van der Waals surface area (Å²) in [6, 6.07) is 6.85. The van der Waals surface area contributed by atoms with Crippen LogP contribution < -0.4 is 10.2 Å². The van der Waals surface area contributed by atoms with Gasteiger partial charge in [0.05, 0.1) is 16.1 Å². The summed E-state index contributed by atoms with van der Waals surface area (Å²) in [7, 11) is 0. The molecule has 30 heavy (non-hydrogen) atoms. The number of pyridine rings is 1. The predicted octanol–water partition coefficient (Wildman–Crippen LogP) is 3.68. The molecule has 0 unspecified atom stereocenters. The molecule has 0 spiro atoms. The first-order valence-corrected chi connectivity index (χ1v) is 9.13. The molecule has 1 fully saturated rings. The number of amides is 2. The number of nitrogens with zero attached hydrogens (tertiary/aromatic N) is 2. The van der Waals surface area contributed by atoms with Crippen LogP contribution in [-0.4, -0.2) is 35.9 Å². The van der Waals surface area contributed by atoms with Gasteiger partial charge in [0, 0.05) is 24.8 Å². The number of hydrogen-bond donors (Lipinski definition) is 1. The summed E-state index contributed by atoms with van der Waals surface area (Å²) in [5.41, 5.74) is -0.365. The lowest BCUT2D eigenvalue weighted by molar-refractivity contribution is -0.137. The fourth-order valence-corrected chi connectivity index (χ4v) is 3.00. The molecule has 0 saturated carbocycles. The van der Waals surface area contributed by atoms with Crippen LogP contribution in [0.4, 0.5) is 24.7 Å². The minimum atomic E-state index is -4.62. The summed E-state index contributed by atoms with van der Waals surface area (Å²) in [6.07, 6.45) is -2.93. The number of hydrogen-bond acceptors (Lipinski definition) is 5. The summed E-state index contributed by atoms with van der Waals surface area (Å²) >= 11 is 5.71. The van der Waals surface area contributed by atoms with Crippen LogP contribution >= 0.6 is 11.6 Å². The SMILES string of the molecule is O=C(COC(=O)c1cccc(N2CCCC2=O)c1)Nc1ncc(C(F)(F)F)cc1Cl. The molecule has 1 saturated heterocycles. The van der Waals surface area contributed by atoms with E-state index in [0.29, 0.717) is 30.9 Å². The molecule has 158 valence electrons. The van der Waals surface area contributed by atoms with Crippen LogP contribution in [0.25, 0.3) is 0 Å². The molecule has 0 aliphatic carbocycles. The first-order chi connectivity index (χ1) is 14.1. The molecule has 1 aliphatic rings. The Morgan fingerprint density at radius 2 is 2.03 bits per heavy atom. The molecule has 7 nitrogen and oxygen atoms in total. The van der Waals surface area contributed by atoms with Crippen LogP contribution in [0.3, 0.4) is 0 Å². The van der Waals surface area contributed by atoms with Crippen molar-refractivity contribution in [2.45, 2.75) is 19.0 Å². The molecule has 0 radical (unpaired) electrons. The van der Waals surface area contributed by atoms with E-state index in [0.717, 1.165) is 6.42 Å². The molecule has 1 N–H and O–H groups in total. The van der Waals surface area contributed by atoms with Gasteiger partial charge in [0.2, 0.25) is 5.91 Å². The number of carbonyl (C=O) groups excluding carboxylic acids is 3. The second-order valence-corrected chi connectivity index (χ2v) is 6.78. The third-order valence-corrected chi connectivity index (χ3v) is 4.52. The Bertz CT molecular complexity index is 997. The lowest BCUT2D eigenvalue weighted by Crippen LogP contribution is -2.24. The topological polar surface area (TPSA) is 88.6 Å². The molecule has 11 heteroatoms. The number of benzene rings is 1. The van der Waals surface area contributed by atoms with Crippen molar-refractivity contribution < 1.29 is 32.3 Å². The maximum Gasteiger partial charge on any atom is 0.417 e. The maximum atomic E-state index is 12.6. The molecule has 2 heterocycles. The standard InChI is InChI=1S/C19H15ClF3N3O4/c20-14-8-12(19(21,22)23)9-24-17(14)25-15(27)10-30-18(29)11-3-1-4-13(7-11)26-6-2-5-16(26)28/h1,3-4,7-9H,2,5-6,10H2,(H,24,25,27). The summed E-state index contributed by atoms with van der Waals surface area (Å²) in [4.78, 5) is 41.0. The summed E-state index contributed by atoms with van der Waals surface area (Å²) in [6.45, 7) is -0.147. The third kappa shape index (κ3) is 5.07. The summed E-state index contributed by atoms with van der Waals surface area (Å²) in [5.74, 6) is -1.96. The van der Waals surface area contributed by atoms with E-state index in [1.807, 2.05) is 0 Å². The highest BCUT2D eigenvalue weighted by Gasteiger charge is 2.31. The predicted molar refractivity (Wildman–Crippen MR) is 101 cm³/mol. The van der Waals surface area contributed by atoms with Gasteiger partial charge in [0.25, 0.3) is 5.91 Å². The van der Waals surface area contributed by atoms with E-state index in [2.05, 4.69) is 10.3 Å². The van der Waals surface area contributed by atoms with E-state index < -0.39 is 35.2 Å². The fraction of sp³-hybridized carbons (Fsp3) is 0.263. The largest absolute Gasteiger partial charge is 0.452 e. The zero-order valence-corrected chi connectivity index (χ0v) is 16.1. The van der Waals surface area contributed by atoms with Gasteiger partial charge in [0.15, 0.2) is 12.4 Å². The van der Waals surface area contributed by atoms with Crippen LogP contribution in [0.5, 0.6) is 0 Å². The van der Waals surface area contributed by atoms with Gasteiger partial charge in [0.1, 0.15) is 0 Å². The molecule has 2 amide bonds. The van der Waals surface area contributed by atoms with Gasteiger partial charge in [-0.2, -0.15) is 13.2 Å². The molecule has 1 aromatic heterocycles. The smallest absolute Gasteiger partial charge is 0.417 e. The maximum absolute atomic E-state index is 12.6. The quantitative estimate of drug-likeness (QED) is 0.715. The number of anilines is 2. The number of alkyl halides is 3. The lowest BCUT2D eigenvalue weighted by atomic mass is 10.2. The number of esters is 1. The lowest BCUT2D eigenvalue weighted by Gasteiger charge is -2.16. The van der Waals surface area contributed by atoms with Crippen molar-refractivity contribution in [1.82, 2.24) is 4.98 Å². The van der Waals surface area contributed by atoms with Crippen molar-refractivity contribution in [1.29, 1.82) is 0 Å². The average molecular weight is 442 g/mol. The number of nitrogens with one attached hydrogen (secondary N) is 1. The molecule has 0 atom stereocenters. The third-order valence-electron chi connectivity index (χ3n) is 4.23. The molecule has 3 rings (SSSR count). The first kappa shape index (κ1) is 21.6. The van der Waals surface area contributed by atoms with Crippen molar-refractivity contribution in [3.8, 4) is 0 Å². The van der Waals surface area contributed by atoms with Crippen LogP contribution in [0.2, 0.25) is 5.02 Å². The number of ether oxygens (including phenoxy) is 1. The van der Waals surface area contributed by atoms with Crippen LogP contribution in [-0.2, 0) is 20.5 Å². The minimum Gasteiger partial charge on any atom is -0.452 e. The Morgan fingerprint density at radius 3 is 2.67 bits per heavy atom. The summed E-state index contributed by atoms with van der Waals surface area (Å²) in [5, 5.41) is 1.77. The van der Waals surface area contributed by atoms with E-state index in [1.54, 1.807) is 17.0 Å². The Kier molecular flexibility index (Phi) is 6.25. The Hall–Kier alpha value is -3.14. The van der Waals surface area contributed by atoms with Crippen molar-refractivity contribution in [3.05, 3.63) is 52.7 Å². The van der Waals surface area contributed by atoms with Crippen LogP contribution in [0, 0.1) is 0 Å². The number of aromatic nitrogens is 1. The van der Waals surface area contributed by atoms with E-state index >= 15 is 0 Å². The van der Waals surface area contributed by atoms with Crippen molar-refractivity contribution >= 4 is 40.9 Å². The zero-order valence-electron chi connectivity index (χ0n) is 15.3. The van der Waals surface area contributed by atoms with E-state index in [-0.39, 0.29) is 17.3 Å². The minimum absolute atomic E-state index is 0.0409. The number of halogens is 4. The molecule has 0 bridgehead atoms. The molecular weight excluding hydrogens is 427 g/mol. The van der Waals surface area contributed by atoms with E-state index in [9.17, 15) is 27.6 Å². The zero-order chi connectivity index (χ0) is 21.9. The number of rotatable bonds is 5.